The summed E-state index contributed by atoms with van der Waals surface area (Å²) in [6.45, 7) is 0. The average molecular weight is 264 g/mol. The van der Waals surface area contributed by atoms with Crippen molar-refractivity contribution in [3.63, 3.8) is 0 Å². The summed E-state index contributed by atoms with van der Waals surface area (Å²) in [4.78, 5) is 14.9. The maximum absolute atomic E-state index is 10.7. The molecule has 0 bridgehead atoms. The Kier molecular flexibility index (Phi) is 3.13. The molecular weight excluding hydrogens is 252 g/mol. The van der Waals surface area contributed by atoms with Crippen LogP contribution in [0.25, 0.3) is 10.9 Å². The van der Waals surface area contributed by atoms with Crippen LogP contribution in [0, 0.1) is 10.1 Å². The van der Waals surface area contributed by atoms with Gasteiger partial charge in [-0.1, -0.05) is 36.4 Å². The summed E-state index contributed by atoms with van der Waals surface area (Å²) in [5.74, 6) is 0. The third-order valence-electron chi connectivity index (χ3n) is 3.17. The molecule has 0 saturated carbocycles. The molecule has 4 nitrogen and oxygen atoms in total. The Hall–Kier alpha value is -2.75. The number of hydrogen-bond acceptors (Lipinski definition) is 3. The Bertz CT molecular complexity index is 770. The third-order valence-corrected chi connectivity index (χ3v) is 3.17. The lowest BCUT2D eigenvalue weighted by molar-refractivity contribution is -0.384. The number of pyridine rings is 1. The van der Waals surface area contributed by atoms with Crippen LogP contribution < -0.4 is 0 Å². The Morgan fingerprint density at radius 2 is 1.80 bits per heavy atom. The standard InChI is InChI=1S/C16H12N2O2/c19-18(20)15-8-9-16-13(11-15)6-7-14(17-16)10-12-4-2-1-3-5-12/h1-9,11H,10H2. The van der Waals surface area contributed by atoms with Crippen molar-refractivity contribution in [3.8, 4) is 0 Å². The van der Waals surface area contributed by atoms with Crippen LogP contribution in [0.3, 0.4) is 0 Å². The van der Waals surface area contributed by atoms with E-state index < -0.39 is 4.92 Å². The number of non-ortho nitro benzene ring substituents is 1. The van der Waals surface area contributed by atoms with E-state index in [1.807, 2.05) is 30.3 Å². The predicted octanol–water partition coefficient (Wildman–Crippen LogP) is 3.73. The zero-order valence-corrected chi connectivity index (χ0v) is 10.7. The predicted molar refractivity (Wildman–Crippen MR) is 77.6 cm³/mol. The molecule has 0 aliphatic rings. The average Bonchev–Trinajstić information content (AvgIpc) is 2.47. The van der Waals surface area contributed by atoms with Crippen LogP contribution >= 0.6 is 0 Å². The van der Waals surface area contributed by atoms with Crippen molar-refractivity contribution in [2.24, 2.45) is 0 Å². The maximum atomic E-state index is 10.7. The van der Waals surface area contributed by atoms with Gasteiger partial charge < -0.3 is 0 Å². The lowest BCUT2D eigenvalue weighted by atomic mass is 10.1. The molecule has 0 radical (unpaired) electrons. The SMILES string of the molecule is O=[N+]([O-])c1ccc2nc(Cc3ccccc3)ccc2c1. The lowest BCUT2D eigenvalue weighted by Crippen LogP contribution is -1.93. The molecule has 0 N–H and O–H groups in total. The normalized spacial score (nSPS) is 10.6. The van der Waals surface area contributed by atoms with Gasteiger partial charge in [-0.2, -0.15) is 0 Å². The Morgan fingerprint density at radius 3 is 2.55 bits per heavy atom. The second-order valence-corrected chi connectivity index (χ2v) is 4.60. The molecule has 0 unspecified atom stereocenters. The first-order valence-electron chi connectivity index (χ1n) is 6.30. The molecule has 3 aromatic rings. The molecule has 0 amide bonds. The second kappa shape index (κ2) is 5.09. The first-order chi connectivity index (χ1) is 9.72. The topological polar surface area (TPSA) is 56.0 Å². The molecular formula is C16H12N2O2. The minimum atomic E-state index is -0.392. The number of nitrogens with zero attached hydrogens (tertiary/aromatic N) is 2. The summed E-state index contributed by atoms with van der Waals surface area (Å²) in [7, 11) is 0. The van der Waals surface area contributed by atoms with E-state index in [9.17, 15) is 10.1 Å². The third kappa shape index (κ3) is 2.49. The molecule has 0 spiro atoms. The van der Waals surface area contributed by atoms with Crippen LogP contribution in [-0.4, -0.2) is 9.91 Å². The van der Waals surface area contributed by atoms with Crippen LogP contribution in [-0.2, 0) is 6.42 Å². The molecule has 2 aromatic carbocycles. The highest BCUT2D eigenvalue weighted by molar-refractivity contribution is 5.81. The fourth-order valence-corrected chi connectivity index (χ4v) is 2.17. The van der Waals surface area contributed by atoms with E-state index in [-0.39, 0.29) is 5.69 Å². The number of benzene rings is 2. The van der Waals surface area contributed by atoms with Crippen LogP contribution in [0.2, 0.25) is 0 Å². The monoisotopic (exact) mass is 264 g/mol. The summed E-state index contributed by atoms with van der Waals surface area (Å²) in [5.41, 5.74) is 3.03. The number of rotatable bonds is 3. The highest BCUT2D eigenvalue weighted by atomic mass is 16.6. The van der Waals surface area contributed by atoms with E-state index in [0.717, 1.165) is 23.0 Å². The highest BCUT2D eigenvalue weighted by Gasteiger charge is 2.07. The first-order valence-corrected chi connectivity index (χ1v) is 6.30. The van der Waals surface area contributed by atoms with Crippen LogP contribution in [0.4, 0.5) is 5.69 Å². The van der Waals surface area contributed by atoms with Gasteiger partial charge in [0.15, 0.2) is 0 Å². The van der Waals surface area contributed by atoms with Gasteiger partial charge in [-0.05, 0) is 17.7 Å². The van der Waals surface area contributed by atoms with E-state index in [4.69, 9.17) is 0 Å². The fraction of sp³-hybridized carbons (Fsp3) is 0.0625. The Labute approximate surface area is 115 Å². The van der Waals surface area contributed by atoms with Gasteiger partial charge in [0.2, 0.25) is 0 Å². The summed E-state index contributed by atoms with van der Waals surface area (Å²) in [6.07, 6.45) is 0.758. The molecule has 0 aliphatic heterocycles. The van der Waals surface area contributed by atoms with Crippen molar-refractivity contribution in [1.29, 1.82) is 0 Å². The lowest BCUT2D eigenvalue weighted by Gasteiger charge is -2.03. The minimum absolute atomic E-state index is 0.0927. The van der Waals surface area contributed by atoms with Gasteiger partial charge in [-0.25, -0.2) is 0 Å². The number of aromatic nitrogens is 1. The van der Waals surface area contributed by atoms with Crippen molar-refractivity contribution < 1.29 is 4.92 Å². The second-order valence-electron chi connectivity index (χ2n) is 4.60. The van der Waals surface area contributed by atoms with Crippen molar-refractivity contribution in [2.75, 3.05) is 0 Å². The zero-order chi connectivity index (χ0) is 13.9. The van der Waals surface area contributed by atoms with Gasteiger partial charge in [0.1, 0.15) is 0 Å². The largest absolute Gasteiger partial charge is 0.270 e. The van der Waals surface area contributed by atoms with Crippen LogP contribution in [0.5, 0.6) is 0 Å². The molecule has 0 fully saturated rings. The van der Waals surface area contributed by atoms with Gasteiger partial charge in [0, 0.05) is 29.6 Å². The van der Waals surface area contributed by atoms with Gasteiger partial charge in [0.25, 0.3) is 5.69 Å². The fourth-order valence-electron chi connectivity index (χ4n) is 2.17. The molecule has 0 atom stereocenters. The number of hydrogen-bond donors (Lipinski definition) is 0. The smallest absolute Gasteiger partial charge is 0.258 e. The molecule has 20 heavy (non-hydrogen) atoms. The molecule has 1 heterocycles. The summed E-state index contributed by atoms with van der Waals surface area (Å²) in [6, 6.07) is 18.6. The number of nitro benzene ring substituents is 1. The van der Waals surface area contributed by atoms with E-state index in [2.05, 4.69) is 17.1 Å². The van der Waals surface area contributed by atoms with Crippen molar-refractivity contribution in [3.05, 3.63) is 82.0 Å². The van der Waals surface area contributed by atoms with Crippen molar-refractivity contribution >= 4 is 16.6 Å². The van der Waals surface area contributed by atoms with E-state index in [1.54, 1.807) is 12.1 Å². The molecule has 0 saturated heterocycles. The van der Waals surface area contributed by atoms with Crippen LogP contribution in [0.1, 0.15) is 11.3 Å². The van der Waals surface area contributed by atoms with Gasteiger partial charge in [-0.3, -0.25) is 15.1 Å². The quantitative estimate of drug-likeness (QED) is 0.535. The van der Waals surface area contributed by atoms with Gasteiger partial charge in [0.05, 0.1) is 10.4 Å². The minimum Gasteiger partial charge on any atom is -0.258 e. The van der Waals surface area contributed by atoms with E-state index in [1.165, 1.54) is 11.6 Å². The zero-order valence-electron chi connectivity index (χ0n) is 10.7. The summed E-state index contributed by atoms with van der Waals surface area (Å²) >= 11 is 0. The highest BCUT2D eigenvalue weighted by Crippen LogP contribution is 2.20. The first kappa shape index (κ1) is 12.3. The molecule has 0 aliphatic carbocycles. The number of nitro groups is 1. The Morgan fingerprint density at radius 1 is 1.00 bits per heavy atom. The van der Waals surface area contributed by atoms with E-state index in [0.29, 0.717) is 0 Å². The molecule has 1 aromatic heterocycles. The Balaban J connectivity index is 1.95. The van der Waals surface area contributed by atoms with Crippen molar-refractivity contribution in [1.82, 2.24) is 4.98 Å². The maximum Gasteiger partial charge on any atom is 0.270 e. The van der Waals surface area contributed by atoms with Crippen LogP contribution in [0.15, 0.2) is 60.7 Å². The van der Waals surface area contributed by atoms with Gasteiger partial charge >= 0.3 is 0 Å². The molecule has 3 rings (SSSR count). The van der Waals surface area contributed by atoms with E-state index >= 15 is 0 Å². The molecule has 4 heteroatoms. The summed E-state index contributed by atoms with van der Waals surface area (Å²) < 4.78 is 0. The van der Waals surface area contributed by atoms with Gasteiger partial charge in [-0.15, -0.1) is 0 Å². The number of fused-ring (bicyclic) bond motifs is 1. The van der Waals surface area contributed by atoms with Crippen molar-refractivity contribution in [2.45, 2.75) is 6.42 Å². The summed E-state index contributed by atoms with van der Waals surface area (Å²) in [5, 5.41) is 11.5. The molecule has 98 valence electrons.